The third kappa shape index (κ3) is 4.48. The molecule has 1 saturated heterocycles. The molecular weight excluding hydrogens is 194 g/mol. The molecule has 5 heteroatoms. The number of hydrogen-bond acceptors (Lipinski definition) is 4. The molecule has 5 nitrogen and oxygen atoms in total. The molecule has 88 valence electrons. The molecule has 0 aromatic carbocycles. The van der Waals surface area contributed by atoms with Crippen molar-refractivity contribution in [3.63, 3.8) is 0 Å². The van der Waals surface area contributed by atoms with E-state index in [0.717, 1.165) is 13.1 Å². The molecule has 1 amide bonds. The highest BCUT2D eigenvalue weighted by atomic mass is 16.6. The summed E-state index contributed by atoms with van der Waals surface area (Å²) in [7, 11) is 0. The molecule has 1 aliphatic rings. The fourth-order valence-corrected chi connectivity index (χ4v) is 1.51. The number of carbonyl (C=O) groups excluding carboxylic acids is 1. The van der Waals surface area contributed by atoms with E-state index in [1.807, 2.05) is 20.8 Å². The molecule has 1 fully saturated rings. The Kier molecular flexibility index (Phi) is 3.93. The Bertz CT molecular complexity index is 225. The molecule has 0 spiro atoms. The van der Waals surface area contributed by atoms with Gasteiger partial charge in [0.25, 0.3) is 0 Å². The highest BCUT2D eigenvalue weighted by Gasteiger charge is 2.24. The second-order valence-corrected chi connectivity index (χ2v) is 4.96. The molecule has 4 N–H and O–H groups in total. The van der Waals surface area contributed by atoms with Crippen molar-refractivity contribution in [2.45, 2.75) is 32.4 Å². The molecular formula is C10H21N3O2. The summed E-state index contributed by atoms with van der Waals surface area (Å²) in [6, 6.07) is 0.125. The van der Waals surface area contributed by atoms with Gasteiger partial charge in [0.05, 0.1) is 0 Å². The van der Waals surface area contributed by atoms with E-state index in [9.17, 15) is 4.79 Å². The zero-order valence-electron chi connectivity index (χ0n) is 9.67. The molecule has 0 unspecified atom stereocenters. The maximum Gasteiger partial charge on any atom is 0.407 e. The first-order valence-electron chi connectivity index (χ1n) is 5.31. The predicted octanol–water partition coefficient (Wildman–Crippen LogP) is 0.0578. The zero-order valence-corrected chi connectivity index (χ0v) is 9.67. The lowest BCUT2D eigenvalue weighted by Crippen LogP contribution is -2.40. The fraction of sp³-hybridized carbons (Fsp3) is 0.900. The smallest absolute Gasteiger partial charge is 0.407 e. The van der Waals surface area contributed by atoms with Gasteiger partial charge in [0.2, 0.25) is 0 Å². The Balaban J connectivity index is 2.22. The first-order chi connectivity index (χ1) is 6.88. The van der Waals surface area contributed by atoms with Crippen LogP contribution in [0, 0.1) is 5.92 Å². The number of alkyl carbamates (subject to hydrolysis) is 1. The van der Waals surface area contributed by atoms with Gasteiger partial charge in [-0.15, -0.1) is 0 Å². The van der Waals surface area contributed by atoms with Crippen molar-refractivity contribution in [1.82, 2.24) is 10.6 Å². The molecule has 0 aromatic heterocycles. The number of carbonyl (C=O) groups is 1. The minimum absolute atomic E-state index is 0.125. The lowest BCUT2D eigenvalue weighted by molar-refractivity contribution is 0.0520. The molecule has 1 rings (SSSR count). The maximum atomic E-state index is 11.3. The van der Waals surface area contributed by atoms with Crippen LogP contribution in [0.15, 0.2) is 0 Å². The number of nitrogens with two attached hydrogens (primary N) is 1. The van der Waals surface area contributed by atoms with Crippen molar-refractivity contribution in [3.8, 4) is 0 Å². The van der Waals surface area contributed by atoms with Crippen LogP contribution in [-0.4, -0.2) is 37.4 Å². The van der Waals surface area contributed by atoms with Crippen molar-refractivity contribution in [3.05, 3.63) is 0 Å². The fourth-order valence-electron chi connectivity index (χ4n) is 1.51. The van der Waals surface area contributed by atoms with Crippen molar-refractivity contribution in [2.75, 3.05) is 19.6 Å². The van der Waals surface area contributed by atoms with Gasteiger partial charge in [-0.3, -0.25) is 0 Å². The van der Waals surface area contributed by atoms with E-state index >= 15 is 0 Å². The first-order valence-corrected chi connectivity index (χ1v) is 5.31. The molecule has 2 atom stereocenters. The second-order valence-electron chi connectivity index (χ2n) is 4.96. The topological polar surface area (TPSA) is 76.4 Å². The summed E-state index contributed by atoms with van der Waals surface area (Å²) < 4.78 is 5.12. The average molecular weight is 215 g/mol. The van der Waals surface area contributed by atoms with E-state index in [0.29, 0.717) is 12.5 Å². The summed E-state index contributed by atoms with van der Waals surface area (Å²) in [5.74, 6) is 0.303. The maximum absolute atomic E-state index is 11.3. The van der Waals surface area contributed by atoms with Gasteiger partial charge in [-0.2, -0.15) is 0 Å². The molecule has 0 aliphatic carbocycles. The van der Waals surface area contributed by atoms with Gasteiger partial charge >= 0.3 is 6.09 Å². The Morgan fingerprint density at radius 3 is 2.67 bits per heavy atom. The Hall–Kier alpha value is -0.810. The highest BCUT2D eigenvalue weighted by Crippen LogP contribution is 2.08. The van der Waals surface area contributed by atoms with Gasteiger partial charge in [0, 0.05) is 31.6 Å². The van der Waals surface area contributed by atoms with Gasteiger partial charge in [0.1, 0.15) is 5.60 Å². The van der Waals surface area contributed by atoms with Crippen LogP contribution < -0.4 is 16.4 Å². The van der Waals surface area contributed by atoms with E-state index < -0.39 is 5.60 Å². The Morgan fingerprint density at radius 2 is 2.20 bits per heavy atom. The van der Waals surface area contributed by atoms with Gasteiger partial charge in [-0.1, -0.05) is 0 Å². The summed E-state index contributed by atoms with van der Waals surface area (Å²) in [5.41, 5.74) is 5.39. The Morgan fingerprint density at radius 1 is 1.53 bits per heavy atom. The summed E-state index contributed by atoms with van der Waals surface area (Å²) in [6.45, 7) is 7.78. The van der Waals surface area contributed by atoms with Crippen LogP contribution >= 0.6 is 0 Å². The average Bonchev–Trinajstić information content (AvgIpc) is 2.44. The monoisotopic (exact) mass is 215 g/mol. The third-order valence-corrected chi connectivity index (χ3v) is 2.30. The normalized spacial score (nSPS) is 26.4. The van der Waals surface area contributed by atoms with Crippen LogP contribution in [0.3, 0.4) is 0 Å². The number of ether oxygens (including phenoxy) is 1. The van der Waals surface area contributed by atoms with E-state index in [1.54, 1.807) is 0 Å². The Labute approximate surface area is 90.7 Å². The zero-order chi connectivity index (χ0) is 11.5. The molecule has 0 bridgehead atoms. The lowest BCUT2D eigenvalue weighted by atomic mass is 10.1. The highest BCUT2D eigenvalue weighted by molar-refractivity contribution is 5.67. The van der Waals surface area contributed by atoms with Crippen molar-refractivity contribution < 1.29 is 9.53 Å². The minimum atomic E-state index is -0.444. The molecule has 0 aromatic rings. The van der Waals surface area contributed by atoms with Gasteiger partial charge < -0.3 is 21.1 Å². The minimum Gasteiger partial charge on any atom is -0.444 e. The third-order valence-electron chi connectivity index (χ3n) is 2.30. The van der Waals surface area contributed by atoms with E-state index in [4.69, 9.17) is 10.5 Å². The van der Waals surface area contributed by atoms with Crippen LogP contribution in [0.2, 0.25) is 0 Å². The first kappa shape index (κ1) is 12.3. The van der Waals surface area contributed by atoms with Gasteiger partial charge in [0.15, 0.2) is 0 Å². The van der Waals surface area contributed by atoms with Crippen LogP contribution in [0.5, 0.6) is 0 Å². The number of hydrogen-bond donors (Lipinski definition) is 3. The number of nitrogens with one attached hydrogen (secondary N) is 2. The standard InChI is InChI=1S/C10H21N3O2/c1-10(2,3)15-9(14)13-5-7-4-12-6-8(7)11/h7-8,12H,4-6,11H2,1-3H3,(H,13,14)/t7-,8+/m0/s1. The van der Waals surface area contributed by atoms with Crippen molar-refractivity contribution >= 4 is 6.09 Å². The van der Waals surface area contributed by atoms with Crippen LogP contribution in [0.25, 0.3) is 0 Å². The molecule has 0 saturated carbocycles. The number of amides is 1. The van der Waals surface area contributed by atoms with Crippen molar-refractivity contribution in [2.24, 2.45) is 11.7 Å². The SMILES string of the molecule is CC(C)(C)OC(=O)NC[C@@H]1CNC[C@H]1N. The predicted molar refractivity (Wildman–Crippen MR) is 58.6 cm³/mol. The second kappa shape index (κ2) is 4.81. The van der Waals surface area contributed by atoms with E-state index in [-0.39, 0.29) is 12.1 Å². The molecule has 1 aliphatic heterocycles. The lowest BCUT2D eigenvalue weighted by Gasteiger charge is -2.21. The van der Waals surface area contributed by atoms with E-state index in [2.05, 4.69) is 10.6 Å². The summed E-state index contributed by atoms with van der Waals surface area (Å²) in [5, 5.41) is 5.91. The molecule has 0 radical (unpaired) electrons. The molecule has 1 heterocycles. The summed E-state index contributed by atoms with van der Waals surface area (Å²) >= 11 is 0. The van der Waals surface area contributed by atoms with Crippen LogP contribution in [0.1, 0.15) is 20.8 Å². The summed E-state index contributed by atoms with van der Waals surface area (Å²) in [6.07, 6.45) is -0.374. The molecule has 15 heavy (non-hydrogen) atoms. The quantitative estimate of drug-likeness (QED) is 0.608. The van der Waals surface area contributed by atoms with E-state index in [1.165, 1.54) is 0 Å². The van der Waals surface area contributed by atoms with Crippen LogP contribution in [-0.2, 0) is 4.74 Å². The van der Waals surface area contributed by atoms with Gasteiger partial charge in [-0.25, -0.2) is 4.79 Å². The van der Waals surface area contributed by atoms with Crippen LogP contribution in [0.4, 0.5) is 4.79 Å². The van der Waals surface area contributed by atoms with Gasteiger partial charge in [-0.05, 0) is 20.8 Å². The van der Waals surface area contributed by atoms with Crippen molar-refractivity contribution in [1.29, 1.82) is 0 Å². The number of rotatable bonds is 2. The summed E-state index contributed by atoms with van der Waals surface area (Å²) in [4.78, 5) is 11.3. The largest absolute Gasteiger partial charge is 0.444 e.